The van der Waals surface area contributed by atoms with Gasteiger partial charge < -0.3 is 0 Å². The Morgan fingerprint density at radius 2 is 1.25 bits per heavy atom. The summed E-state index contributed by atoms with van der Waals surface area (Å²) in [6, 6.07) is 10.9. The molecule has 0 aliphatic heterocycles. The Labute approximate surface area is 133 Å². The second kappa shape index (κ2) is 13.4. The normalized spacial score (nSPS) is 11.2. The van der Waals surface area contributed by atoms with E-state index >= 15 is 0 Å². The van der Waals surface area contributed by atoms with Crippen LogP contribution in [0, 0.1) is 0 Å². The van der Waals surface area contributed by atoms with Crippen molar-refractivity contribution >= 4 is 15.9 Å². The zero-order valence-corrected chi connectivity index (χ0v) is 14.3. The molecule has 20 heavy (non-hydrogen) atoms. The van der Waals surface area contributed by atoms with Gasteiger partial charge in [0.1, 0.15) is 0 Å². The molecule has 0 saturated carbocycles. The first-order chi connectivity index (χ1) is 9.93. The number of aryl methyl sites for hydroxylation is 1. The van der Waals surface area contributed by atoms with Gasteiger partial charge in [0.05, 0.1) is 0 Å². The first-order valence-corrected chi connectivity index (χ1v) is 9.14. The van der Waals surface area contributed by atoms with Crippen molar-refractivity contribution in [2.75, 3.05) is 0 Å². The van der Waals surface area contributed by atoms with Gasteiger partial charge in [-0.15, -0.1) is 0 Å². The van der Waals surface area contributed by atoms with Crippen LogP contribution in [0.25, 0.3) is 0 Å². The summed E-state index contributed by atoms with van der Waals surface area (Å²) in [4.78, 5) is 1.97. The van der Waals surface area contributed by atoms with E-state index < -0.39 is 0 Å². The quantitative estimate of drug-likeness (QED) is 0.359. The number of hydrogen-bond acceptors (Lipinski definition) is 0. The van der Waals surface area contributed by atoms with Crippen molar-refractivity contribution in [2.24, 2.45) is 0 Å². The van der Waals surface area contributed by atoms with Gasteiger partial charge in [0.2, 0.25) is 0 Å². The summed E-state index contributed by atoms with van der Waals surface area (Å²) in [6.07, 6.45) is 17.3. The van der Waals surface area contributed by atoms with Crippen molar-refractivity contribution < 1.29 is 0 Å². The third-order valence-corrected chi connectivity index (χ3v) is 4.14. The third kappa shape index (κ3) is 10.3. The van der Waals surface area contributed by atoms with Gasteiger partial charge >= 0.3 is 0 Å². The summed E-state index contributed by atoms with van der Waals surface area (Å²) < 4.78 is 0. The second-order valence-electron chi connectivity index (χ2n) is 5.57. The minimum absolute atomic E-state index is 1.23. The monoisotopic (exact) mass is 336 g/mol. The molecule has 0 N–H and O–H groups in total. The lowest BCUT2D eigenvalue weighted by molar-refractivity contribution is 0.560. The van der Waals surface area contributed by atoms with Gasteiger partial charge in [-0.3, -0.25) is 0 Å². The lowest BCUT2D eigenvalue weighted by Gasteiger charge is -2.03. The zero-order valence-electron chi connectivity index (χ0n) is 12.7. The molecule has 0 spiro atoms. The highest BCUT2D eigenvalue weighted by atomic mass is 79.9. The van der Waals surface area contributed by atoms with Crippen LogP contribution < -0.4 is 0 Å². The van der Waals surface area contributed by atoms with Gasteiger partial charge in [-0.05, 0) is 36.2 Å². The Hall–Kier alpha value is -0.560. The summed E-state index contributed by atoms with van der Waals surface area (Å²) in [5, 5.41) is 0. The van der Waals surface area contributed by atoms with E-state index in [2.05, 4.69) is 52.3 Å². The lowest BCUT2D eigenvalue weighted by atomic mass is 10.0. The first-order valence-electron chi connectivity index (χ1n) is 8.22. The number of rotatable bonds is 12. The molecule has 0 aromatic heterocycles. The molecule has 1 rings (SSSR count). The molecule has 1 heteroatoms. The number of allylic oxidation sites excluding steroid dienone is 1. The molecular formula is C19H29Br. The Kier molecular flexibility index (Phi) is 11.7. The minimum atomic E-state index is 1.23. The Morgan fingerprint density at radius 1 is 0.700 bits per heavy atom. The number of benzene rings is 1. The number of hydrogen-bond donors (Lipinski definition) is 0. The minimum Gasteiger partial charge on any atom is -0.0776 e. The predicted octanol–water partition coefficient (Wildman–Crippen LogP) is 7.04. The topological polar surface area (TPSA) is 0 Å². The van der Waals surface area contributed by atoms with Gasteiger partial charge in [0, 0.05) is 0 Å². The van der Waals surface area contributed by atoms with Crippen molar-refractivity contribution in [1.29, 1.82) is 0 Å². The van der Waals surface area contributed by atoms with E-state index in [0.29, 0.717) is 0 Å². The van der Waals surface area contributed by atoms with E-state index in [-0.39, 0.29) is 0 Å². The largest absolute Gasteiger partial charge is 0.0776 e. The maximum Gasteiger partial charge on any atom is -0.0229 e. The molecule has 0 heterocycles. The molecule has 0 bridgehead atoms. The van der Waals surface area contributed by atoms with E-state index in [0.717, 1.165) is 0 Å². The van der Waals surface area contributed by atoms with E-state index in [1.165, 1.54) is 76.2 Å². The SMILES string of the molecule is BrC=CCCCCCCCCCCCc1ccccc1. The van der Waals surface area contributed by atoms with Gasteiger partial charge in [0.25, 0.3) is 0 Å². The fraction of sp³-hybridized carbons (Fsp3) is 0.579. The van der Waals surface area contributed by atoms with Crippen LogP contribution in [0.4, 0.5) is 0 Å². The van der Waals surface area contributed by atoms with E-state index in [4.69, 9.17) is 0 Å². The highest BCUT2D eigenvalue weighted by Crippen LogP contribution is 2.12. The van der Waals surface area contributed by atoms with E-state index in [1.54, 1.807) is 0 Å². The zero-order chi connectivity index (χ0) is 14.3. The van der Waals surface area contributed by atoms with Crippen LogP contribution in [0.3, 0.4) is 0 Å². The maximum atomic E-state index is 3.31. The van der Waals surface area contributed by atoms with Crippen LogP contribution in [0.2, 0.25) is 0 Å². The molecule has 0 saturated heterocycles. The molecule has 0 aliphatic rings. The Morgan fingerprint density at radius 3 is 1.85 bits per heavy atom. The van der Waals surface area contributed by atoms with Crippen molar-refractivity contribution in [1.82, 2.24) is 0 Å². The van der Waals surface area contributed by atoms with Crippen LogP contribution >= 0.6 is 15.9 Å². The predicted molar refractivity (Wildman–Crippen MR) is 94.4 cm³/mol. The standard InChI is InChI=1S/C19H29Br/c20-18-14-9-7-5-3-1-2-4-6-8-11-15-19-16-12-10-13-17-19/h10,12-14,16-18H,1-9,11,15H2. The van der Waals surface area contributed by atoms with Crippen molar-refractivity contribution in [3.8, 4) is 0 Å². The molecular weight excluding hydrogens is 308 g/mol. The summed E-state index contributed by atoms with van der Waals surface area (Å²) in [5.74, 6) is 0. The maximum absolute atomic E-state index is 3.31. The molecule has 112 valence electrons. The average Bonchev–Trinajstić information content (AvgIpc) is 2.49. The fourth-order valence-corrected chi connectivity index (χ4v) is 2.80. The summed E-state index contributed by atoms with van der Waals surface area (Å²) in [7, 11) is 0. The van der Waals surface area contributed by atoms with E-state index in [9.17, 15) is 0 Å². The second-order valence-corrected chi connectivity index (χ2v) is 6.10. The molecule has 0 fully saturated rings. The summed E-state index contributed by atoms with van der Waals surface area (Å²) in [5.41, 5.74) is 1.49. The number of halogens is 1. The van der Waals surface area contributed by atoms with Gasteiger partial charge in [-0.1, -0.05) is 97.3 Å². The molecule has 0 nitrogen and oxygen atoms in total. The van der Waals surface area contributed by atoms with Crippen molar-refractivity contribution in [3.63, 3.8) is 0 Å². The Balaban J connectivity index is 1.79. The fourth-order valence-electron chi connectivity index (χ4n) is 2.54. The highest BCUT2D eigenvalue weighted by molar-refractivity contribution is 9.11. The lowest BCUT2D eigenvalue weighted by Crippen LogP contribution is -1.86. The first kappa shape index (κ1) is 17.5. The molecule has 0 amide bonds. The van der Waals surface area contributed by atoms with Gasteiger partial charge in [-0.2, -0.15) is 0 Å². The molecule has 0 unspecified atom stereocenters. The molecule has 1 aromatic carbocycles. The van der Waals surface area contributed by atoms with E-state index in [1.807, 2.05) is 4.99 Å². The molecule has 0 atom stereocenters. The molecule has 0 radical (unpaired) electrons. The van der Waals surface area contributed by atoms with Crippen LogP contribution in [-0.4, -0.2) is 0 Å². The number of unbranched alkanes of at least 4 members (excludes halogenated alkanes) is 9. The van der Waals surface area contributed by atoms with Crippen molar-refractivity contribution in [2.45, 2.75) is 70.6 Å². The van der Waals surface area contributed by atoms with Crippen LogP contribution in [0.1, 0.15) is 69.8 Å². The average molecular weight is 337 g/mol. The van der Waals surface area contributed by atoms with Crippen molar-refractivity contribution in [3.05, 3.63) is 47.0 Å². The van der Waals surface area contributed by atoms with Crippen LogP contribution in [0.15, 0.2) is 41.4 Å². The smallest absolute Gasteiger partial charge is 0.0229 e. The summed E-state index contributed by atoms with van der Waals surface area (Å²) >= 11 is 3.31. The third-order valence-electron chi connectivity index (χ3n) is 3.77. The molecule has 0 aliphatic carbocycles. The van der Waals surface area contributed by atoms with Gasteiger partial charge in [0.15, 0.2) is 0 Å². The van der Waals surface area contributed by atoms with Gasteiger partial charge in [-0.25, -0.2) is 0 Å². The van der Waals surface area contributed by atoms with Crippen LogP contribution in [-0.2, 0) is 6.42 Å². The highest BCUT2D eigenvalue weighted by Gasteiger charge is 1.94. The summed E-state index contributed by atoms with van der Waals surface area (Å²) in [6.45, 7) is 0. The molecule has 1 aromatic rings. The Bertz CT molecular complexity index is 329. The van der Waals surface area contributed by atoms with Crippen LogP contribution in [0.5, 0.6) is 0 Å².